The Kier molecular flexibility index (Phi) is 12.9. The standard InChI is InChI=1S/C32H50O10/c1-19-11-23-16-32(5,42-39-18-23)22(4)14-24(34)15-26(35)30(37)29(36)21(3)13-25(17-33)40-31(38)20(2)9-7-6-8-10-27-28(12-19)41-27/h8-10,16,19,21-22,24-25,27-30,33-34,36-37H,6-7,11-15,17-18H2,1-5H3/b10-8+,20-9+/t19-,21-,22+,24+,25-,27+,28+,29+,30+,32?/m1/s1. The summed E-state index contributed by atoms with van der Waals surface area (Å²) in [6, 6.07) is 0. The van der Waals surface area contributed by atoms with Crippen molar-refractivity contribution in [3.05, 3.63) is 35.5 Å². The summed E-state index contributed by atoms with van der Waals surface area (Å²) in [6.45, 7) is 9.11. The summed E-state index contributed by atoms with van der Waals surface area (Å²) in [5, 5.41) is 41.7. The lowest BCUT2D eigenvalue weighted by molar-refractivity contribution is -0.358. The molecule has 0 aliphatic carbocycles. The lowest BCUT2D eigenvalue weighted by Gasteiger charge is -2.36. The van der Waals surface area contributed by atoms with Crippen LogP contribution in [-0.4, -0.2) is 87.6 Å². The number of fused-ring (bicyclic) bond motifs is 2. The van der Waals surface area contributed by atoms with Crippen LogP contribution in [0.5, 0.6) is 0 Å². The van der Waals surface area contributed by atoms with Gasteiger partial charge in [-0.25, -0.2) is 14.6 Å². The number of epoxide rings is 1. The number of carbonyl (C=O) groups is 2. The van der Waals surface area contributed by atoms with E-state index in [1.807, 2.05) is 13.8 Å². The Morgan fingerprint density at radius 2 is 1.76 bits per heavy atom. The van der Waals surface area contributed by atoms with Gasteiger partial charge in [-0.05, 0) is 81.8 Å². The third kappa shape index (κ3) is 10.1. The van der Waals surface area contributed by atoms with Gasteiger partial charge < -0.3 is 29.9 Å². The van der Waals surface area contributed by atoms with Gasteiger partial charge >= 0.3 is 5.97 Å². The van der Waals surface area contributed by atoms with Crippen LogP contribution in [0.4, 0.5) is 0 Å². The highest BCUT2D eigenvalue weighted by molar-refractivity contribution is 5.87. The Morgan fingerprint density at radius 3 is 2.48 bits per heavy atom. The number of aliphatic hydroxyl groups is 4. The van der Waals surface area contributed by atoms with Gasteiger partial charge in [-0.1, -0.05) is 39.0 Å². The fraction of sp³-hybridized carbons (Fsp3) is 0.750. The molecule has 1 unspecified atom stereocenters. The Morgan fingerprint density at radius 1 is 1.02 bits per heavy atom. The Bertz CT molecular complexity index is 1010. The second-order valence-corrected chi connectivity index (χ2v) is 12.7. The number of Topliss-reactive ketones (excluding diaryl/α,β-unsaturated/α-hetero) is 1. The zero-order valence-corrected chi connectivity index (χ0v) is 25.6. The highest BCUT2D eigenvalue weighted by atomic mass is 17.2. The highest BCUT2D eigenvalue weighted by Crippen LogP contribution is 2.36. The van der Waals surface area contributed by atoms with E-state index >= 15 is 0 Å². The van der Waals surface area contributed by atoms with E-state index in [1.165, 1.54) is 0 Å². The number of cyclic esters (lactones) is 1. The topological polar surface area (TPSA) is 155 Å². The fourth-order valence-corrected chi connectivity index (χ4v) is 5.74. The van der Waals surface area contributed by atoms with Gasteiger partial charge in [0.15, 0.2) is 5.78 Å². The number of hydrogen-bond donors (Lipinski definition) is 4. The monoisotopic (exact) mass is 594 g/mol. The Balaban J connectivity index is 1.73. The SMILES string of the molecule is C/C1=C\CC/C=C/[C@@H]2O[C@H]2C[C@H](C)CC2=CC(C)(OOC2)[C@@H](C)C[C@H](O)CC(=O)[C@H](O)[C@@H](O)[C@H](C)C[C@H](CO)OC1=O. The maximum absolute atomic E-state index is 12.8. The summed E-state index contributed by atoms with van der Waals surface area (Å²) in [4.78, 5) is 36.4. The van der Waals surface area contributed by atoms with E-state index in [4.69, 9.17) is 19.2 Å². The van der Waals surface area contributed by atoms with Gasteiger partial charge in [0, 0.05) is 12.0 Å². The third-order valence-corrected chi connectivity index (χ3v) is 8.66. The zero-order chi connectivity index (χ0) is 31.0. The van der Waals surface area contributed by atoms with Crippen molar-refractivity contribution in [2.75, 3.05) is 13.2 Å². The molecule has 1 saturated heterocycles. The molecule has 3 aliphatic heterocycles. The lowest BCUT2D eigenvalue weighted by atomic mass is 9.82. The van der Waals surface area contributed by atoms with Gasteiger partial charge in [0.25, 0.3) is 0 Å². The number of ether oxygens (including phenoxy) is 2. The van der Waals surface area contributed by atoms with Crippen LogP contribution in [0.15, 0.2) is 35.5 Å². The van der Waals surface area contributed by atoms with Crippen LogP contribution >= 0.6 is 0 Å². The quantitative estimate of drug-likeness (QED) is 0.154. The summed E-state index contributed by atoms with van der Waals surface area (Å²) in [5.41, 5.74) is 0.712. The van der Waals surface area contributed by atoms with Crippen LogP contribution < -0.4 is 0 Å². The summed E-state index contributed by atoms with van der Waals surface area (Å²) in [6.07, 6.45) is 6.04. The lowest BCUT2D eigenvalue weighted by Crippen LogP contribution is -2.42. The molecular weight excluding hydrogens is 544 g/mol. The van der Waals surface area contributed by atoms with E-state index in [0.717, 1.165) is 24.8 Å². The number of allylic oxidation sites excluding steroid dienone is 2. The molecule has 42 heavy (non-hydrogen) atoms. The predicted octanol–water partition coefficient (Wildman–Crippen LogP) is 3.11. The molecule has 10 nitrogen and oxygen atoms in total. The zero-order valence-electron chi connectivity index (χ0n) is 25.6. The first kappa shape index (κ1) is 34.6. The summed E-state index contributed by atoms with van der Waals surface area (Å²) in [5.74, 6) is -1.80. The molecule has 0 spiro atoms. The average molecular weight is 595 g/mol. The minimum absolute atomic E-state index is 0.0366. The molecule has 1 fully saturated rings. The number of aliphatic hydroxyl groups excluding tert-OH is 4. The van der Waals surface area contributed by atoms with Gasteiger partial charge in [0.2, 0.25) is 0 Å². The van der Waals surface area contributed by atoms with Crippen molar-refractivity contribution in [1.82, 2.24) is 0 Å². The molecule has 0 saturated carbocycles. The minimum atomic E-state index is -1.74. The van der Waals surface area contributed by atoms with Gasteiger partial charge in [0.1, 0.15) is 30.5 Å². The van der Waals surface area contributed by atoms with Crippen molar-refractivity contribution in [3.8, 4) is 0 Å². The van der Waals surface area contributed by atoms with Gasteiger partial charge in [-0.15, -0.1) is 0 Å². The van der Waals surface area contributed by atoms with Crippen molar-refractivity contribution in [3.63, 3.8) is 0 Å². The van der Waals surface area contributed by atoms with Gasteiger partial charge in [-0.2, -0.15) is 0 Å². The maximum Gasteiger partial charge on any atom is 0.333 e. The molecule has 0 aromatic rings. The summed E-state index contributed by atoms with van der Waals surface area (Å²) in [7, 11) is 0. The normalized spacial score (nSPS) is 42.4. The van der Waals surface area contributed by atoms with Crippen molar-refractivity contribution in [2.24, 2.45) is 17.8 Å². The Hall–Kier alpha value is -1.92. The van der Waals surface area contributed by atoms with Crippen molar-refractivity contribution in [2.45, 2.75) is 122 Å². The van der Waals surface area contributed by atoms with E-state index in [0.29, 0.717) is 24.5 Å². The van der Waals surface area contributed by atoms with Crippen molar-refractivity contribution in [1.29, 1.82) is 0 Å². The van der Waals surface area contributed by atoms with Crippen molar-refractivity contribution < 1.29 is 49.3 Å². The van der Waals surface area contributed by atoms with E-state index in [9.17, 15) is 30.0 Å². The van der Waals surface area contributed by atoms with Crippen LogP contribution in [0, 0.1) is 17.8 Å². The largest absolute Gasteiger partial charge is 0.457 e. The third-order valence-electron chi connectivity index (χ3n) is 8.66. The number of carbonyl (C=O) groups excluding carboxylic acids is 2. The van der Waals surface area contributed by atoms with E-state index in [2.05, 4.69) is 25.2 Å². The number of hydrogen-bond acceptors (Lipinski definition) is 10. The van der Waals surface area contributed by atoms with E-state index in [1.54, 1.807) is 19.9 Å². The molecule has 2 bridgehead atoms. The Labute approximate surface area is 249 Å². The van der Waals surface area contributed by atoms with Gasteiger partial charge in [0.05, 0.1) is 24.9 Å². The number of esters is 1. The molecule has 0 aromatic heterocycles. The van der Waals surface area contributed by atoms with E-state index in [-0.39, 0.29) is 37.4 Å². The maximum atomic E-state index is 12.8. The van der Waals surface area contributed by atoms with Crippen LogP contribution in [-0.2, 0) is 28.8 Å². The first-order chi connectivity index (χ1) is 19.8. The average Bonchev–Trinajstić information content (AvgIpc) is 3.67. The van der Waals surface area contributed by atoms with Crippen LogP contribution in [0.3, 0.4) is 0 Å². The van der Waals surface area contributed by atoms with E-state index < -0.39 is 54.3 Å². The molecule has 10 atom stereocenters. The molecule has 0 amide bonds. The van der Waals surface area contributed by atoms with Crippen LogP contribution in [0.25, 0.3) is 0 Å². The highest BCUT2D eigenvalue weighted by Gasteiger charge is 2.39. The molecule has 3 rings (SSSR count). The molecular formula is C32H50O10. The summed E-state index contributed by atoms with van der Waals surface area (Å²) < 4.78 is 11.3. The summed E-state index contributed by atoms with van der Waals surface area (Å²) >= 11 is 0. The van der Waals surface area contributed by atoms with Crippen LogP contribution in [0.2, 0.25) is 0 Å². The molecule has 0 radical (unpaired) electrons. The first-order valence-corrected chi connectivity index (χ1v) is 15.2. The second kappa shape index (κ2) is 15.7. The number of ketones is 1. The molecule has 4 N–H and O–H groups in total. The van der Waals surface area contributed by atoms with Gasteiger partial charge in [-0.3, -0.25) is 4.79 Å². The molecule has 3 heterocycles. The molecule has 238 valence electrons. The fourth-order valence-electron chi connectivity index (χ4n) is 5.74. The smallest absolute Gasteiger partial charge is 0.333 e. The van der Waals surface area contributed by atoms with Crippen molar-refractivity contribution >= 4 is 11.8 Å². The first-order valence-electron chi connectivity index (χ1n) is 15.2. The van der Waals surface area contributed by atoms with Crippen LogP contribution in [0.1, 0.15) is 79.6 Å². The molecule has 0 aromatic carbocycles. The molecule has 10 heteroatoms. The number of rotatable bonds is 1. The minimum Gasteiger partial charge on any atom is -0.457 e. The predicted molar refractivity (Wildman–Crippen MR) is 155 cm³/mol. The second-order valence-electron chi connectivity index (χ2n) is 12.7. The molecule has 3 aliphatic rings.